The third-order valence-corrected chi connectivity index (χ3v) is 10.2. The molecule has 1 aromatic rings. The van der Waals surface area contributed by atoms with Crippen molar-refractivity contribution in [2.45, 2.75) is 98.9 Å². The minimum Gasteiger partial charge on any atom is -0.394 e. The first-order chi connectivity index (χ1) is 22.6. The van der Waals surface area contributed by atoms with Gasteiger partial charge in [0.2, 0.25) is 0 Å². The largest absolute Gasteiger partial charge is 0.394 e. The van der Waals surface area contributed by atoms with E-state index < -0.39 is 80.2 Å². The van der Waals surface area contributed by atoms with Crippen molar-refractivity contribution < 1.29 is 69.3 Å². The SMILES string of the molecule is O=C1C=C[C@]2(CCO[C@@H]3O[C@H](CO)[C@@H](O)[C@H](O)[C@H]3O)O[C@H]3[C@H](CCN3c3ccc(CCO[C@@H]4O[C@H](CO)[C@@H](O)[C@H](O)[C@H]4O)cc3)[C@@H]2C1. The molecule has 0 saturated carbocycles. The van der Waals surface area contributed by atoms with E-state index in [1.165, 1.54) is 6.08 Å². The quantitative estimate of drug-likeness (QED) is 0.120. The van der Waals surface area contributed by atoms with Crippen molar-refractivity contribution in [3.8, 4) is 0 Å². The van der Waals surface area contributed by atoms with Crippen molar-refractivity contribution in [2.24, 2.45) is 11.8 Å². The van der Waals surface area contributed by atoms with E-state index in [1.54, 1.807) is 6.08 Å². The minimum atomic E-state index is -1.54. The zero-order chi connectivity index (χ0) is 33.5. The van der Waals surface area contributed by atoms with Crippen LogP contribution in [0.1, 0.15) is 24.8 Å². The molecule has 4 heterocycles. The molecule has 47 heavy (non-hydrogen) atoms. The smallest absolute Gasteiger partial charge is 0.186 e. The normalized spacial score (nSPS) is 43.3. The number of ketones is 1. The Labute approximate surface area is 271 Å². The summed E-state index contributed by atoms with van der Waals surface area (Å²) in [5.74, 6) is 0.0217. The van der Waals surface area contributed by atoms with Gasteiger partial charge in [-0.15, -0.1) is 0 Å². The van der Waals surface area contributed by atoms with E-state index in [0.29, 0.717) is 19.3 Å². The molecule has 262 valence electrons. The predicted octanol–water partition coefficient (Wildman–Crippen LogP) is -2.68. The Kier molecular flexibility index (Phi) is 10.7. The van der Waals surface area contributed by atoms with Gasteiger partial charge in [0.15, 0.2) is 18.4 Å². The number of rotatable bonds is 11. The molecular weight excluding hydrogens is 622 g/mol. The molecule has 1 aromatic carbocycles. The minimum absolute atomic E-state index is 0.0264. The summed E-state index contributed by atoms with van der Waals surface area (Å²) in [5.41, 5.74) is 1.10. The lowest BCUT2D eigenvalue weighted by Crippen LogP contribution is -2.59. The summed E-state index contributed by atoms with van der Waals surface area (Å²) < 4.78 is 29.0. The number of fused-ring (bicyclic) bond motifs is 3. The van der Waals surface area contributed by atoms with Crippen molar-refractivity contribution in [3.05, 3.63) is 42.0 Å². The Morgan fingerprint density at radius 1 is 0.809 bits per heavy atom. The maximum absolute atomic E-state index is 12.5. The lowest BCUT2D eigenvalue weighted by Gasteiger charge is -2.40. The highest BCUT2D eigenvalue weighted by Crippen LogP contribution is 2.53. The number of benzene rings is 1. The van der Waals surface area contributed by atoms with Gasteiger partial charge in [-0.3, -0.25) is 4.79 Å². The second kappa shape index (κ2) is 14.4. The topological polar surface area (TPSA) is 228 Å². The Bertz CT molecular complexity index is 1250. The maximum atomic E-state index is 12.5. The van der Waals surface area contributed by atoms with Crippen LogP contribution in [0.3, 0.4) is 0 Å². The molecule has 6 rings (SSSR count). The van der Waals surface area contributed by atoms with E-state index >= 15 is 0 Å². The van der Waals surface area contributed by atoms with E-state index in [0.717, 1.165) is 24.2 Å². The number of carbonyl (C=O) groups excluding carboxylic acids is 1. The highest BCUT2D eigenvalue weighted by atomic mass is 16.7. The summed E-state index contributed by atoms with van der Waals surface area (Å²) >= 11 is 0. The molecule has 15 nitrogen and oxygen atoms in total. The van der Waals surface area contributed by atoms with Gasteiger partial charge < -0.3 is 69.4 Å². The van der Waals surface area contributed by atoms with Crippen LogP contribution in [-0.2, 0) is 34.9 Å². The molecule has 4 fully saturated rings. The third kappa shape index (κ3) is 6.75. The van der Waals surface area contributed by atoms with Crippen LogP contribution in [-0.4, -0.2) is 153 Å². The molecule has 5 aliphatic rings. The van der Waals surface area contributed by atoms with Crippen LogP contribution in [0.25, 0.3) is 0 Å². The van der Waals surface area contributed by atoms with Gasteiger partial charge in [-0.05, 0) is 42.7 Å². The lowest BCUT2D eigenvalue weighted by molar-refractivity contribution is -0.302. The number of hydrogen-bond donors (Lipinski definition) is 8. The van der Waals surface area contributed by atoms with Gasteiger partial charge in [0.25, 0.3) is 0 Å². The first kappa shape index (κ1) is 34.8. The van der Waals surface area contributed by atoms with Gasteiger partial charge in [0, 0.05) is 36.9 Å². The van der Waals surface area contributed by atoms with Crippen LogP contribution in [0.15, 0.2) is 36.4 Å². The lowest BCUT2D eigenvalue weighted by atomic mass is 9.72. The molecule has 14 atom stereocenters. The fourth-order valence-corrected chi connectivity index (χ4v) is 7.52. The molecule has 1 aliphatic carbocycles. The molecule has 0 aromatic heterocycles. The summed E-state index contributed by atoms with van der Waals surface area (Å²) in [5, 5.41) is 79.5. The van der Waals surface area contributed by atoms with Crippen molar-refractivity contribution in [2.75, 3.05) is 37.9 Å². The van der Waals surface area contributed by atoms with Crippen LogP contribution < -0.4 is 4.90 Å². The molecule has 4 saturated heterocycles. The van der Waals surface area contributed by atoms with E-state index in [4.69, 9.17) is 23.7 Å². The van der Waals surface area contributed by atoms with Crippen molar-refractivity contribution in [1.82, 2.24) is 0 Å². The number of hydrogen-bond acceptors (Lipinski definition) is 15. The zero-order valence-corrected chi connectivity index (χ0v) is 25.8. The average Bonchev–Trinajstić information content (AvgIpc) is 3.62. The van der Waals surface area contributed by atoms with Crippen molar-refractivity contribution in [3.63, 3.8) is 0 Å². The molecule has 0 unspecified atom stereocenters. The monoisotopic (exact) mass is 667 g/mol. The maximum Gasteiger partial charge on any atom is 0.186 e. The molecule has 0 amide bonds. The van der Waals surface area contributed by atoms with E-state index in [9.17, 15) is 45.6 Å². The fourth-order valence-electron chi connectivity index (χ4n) is 7.52. The number of aliphatic hydroxyl groups excluding tert-OH is 8. The molecular formula is C32H45NO14. The Morgan fingerprint density at radius 3 is 2.00 bits per heavy atom. The Hall–Kier alpha value is -2.09. The first-order valence-corrected chi connectivity index (χ1v) is 16.2. The van der Waals surface area contributed by atoms with Gasteiger partial charge in [0.1, 0.15) is 55.1 Å². The van der Waals surface area contributed by atoms with E-state index in [2.05, 4.69) is 4.90 Å². The van der Waals surface area contributed by atoms with E-state index in [-0.39, 0.29) is 37.1 Å². The zero-order valence-electron chi connectivity index (χ0n) is 25.8. The van der Waals surface area contributed by atoms with Crippen LogP contribution in [0.2, 0.25) is 0 Å². The molecule has 15 heteroatoms. The average molecular weight is 668 g/mol. The Morgan fingerprint density at radius 2 is 1.40 bits per heavy atom. The second-order valence-corrected chi connectivity index (χ2v) is 13.0. The van der Waals surface area contributed by atoms with Crippen LogP contribution in [0.5, 0.6) is 0 Å². The van der Waals surface area contributed by atoms with Crippen LogP contribution in [0.4, 0.5) is 5.69 Å². The molecule has 0 radical (unpaired) electrons. The summed E-state index contributed by atoms with van der Waals surface area (Å²) in [4.78, 5) is 14.7. The van der Waals surface area contributed by atoms with E-state index in [1.807, 2.05) is 24.3 Å². The van der Waals surface area contributed by atoms with Gasteiger partial charge in [0.05, 0.1) is 32.0 Å². The van der Waals surface area contributed by atoms with Gasteiger partial charge >= 0.3 is 0 Å². The van der Waals surface area contributed by atoms with Crippen molar-refractivity contribution in [1.29, 1.82) is 0 Å². The first-order valence-electron chi connectivity index (χ1n) is 16.2. The summed E-state index contributed by atoms with van der Waals surface area (Å²) in [6, 6.07) is 7.86. The van der Waals surface area contributed by atoms with Gasteiger partial charge in [-0.2, -0.15) is 0 Å². The number of aliphatic hydroxyl groups is 8. The van der Waals surface area contributed by atoms with Crippen LogP contribution in [0, 0.1) is 11.8 Å². The number of ether oxygens (including phenoxy) is 5. The summed E-state index contributed by atoms with van der Waals surface area (Å²) in [6.45, 7) is -0.118. The van der Waals surface area contributed by atoms with Gasteiger partial charge in [-0.1, -0.05) is 12.1 Å². The van der Waals surface area contributed by atoms with Crippen molar-refractivity contribution >= 4 is 11.5 Å². The Balaban J connectivity index is 1.06. The molecule has 8 N–H and O–H groups in total. The highest BCUT2D eigenvalue weighted by molar-refractivity contribution is 5.91. The summed E-state index contributed by atoms with van der Waals surface area (Å²) in [7, 11) is 0. The predicted molar refractivity (Wildman–Crippen MR) is 160 cm³/mol. The third-order valence-electron chi connectivity index (χ3n) is 10.2. The highest BCUT2D eigenvalue weighted by Gasteiger charge is 2.58. The number of anilines is 1. The molecule has 0 bridgehead atoms. The number of allylic oxidation sites excluding steroid dienone is 1. The standard InChI is InChI=1S/C32H45NO14/c34-14-21-23(37)25(39)27(41)30(45-21)43-11-7-16-1-3-17(4-2-16)33-10-6-19-20-13-18(36)5-8-32(20,47-29(19)33)9-12-44-31-28(42)26(40)24(38)22(15-35)46-31/h1-5,8,19-31,34-35,37-42H,6-7,9-15H2/t19-,20+,21-,22-,23-,24-,25+,26+,27-,28-,29+,30-,31-,32-/m1/s1. The van der Waals surface area contributed by atoms with Crippen LogP contribution >= 0.6 is 0 Å². The summed E-state index contributed by atoms with van der Waals surface area (Å²) in [6.07, 6.45) is -8.46. The number of nitrogens with zero attached hydrogens (tertiary/aromatic N) is 1. The molecule has 4 aliphatic heterocycles. The fraction of sp³-hybridized carbons (Fsp3) is 0.719. The van der Waals surface area contributed by atoms with Gasteiger partial charge in [-0.25, -0.2) is 0 Å². The molecule has 0 spiro atoms. The second-order valence-electron chi connectivity index (χ2n) is 13.0. The number of carbonyl (C=O) groups is 1.